The Kier molecular flexibility index (Phi) is 3.70. The van der Waals surface area contributed by atoms with Gasteiger partial charge in [-0.1, -0.05) is 6.07 Å². The van der Waals surface area contributed by atoms with E-state index in [1.807, 2.05) is 0 Å². The van der Waals surface area contributed by atoms with E-state index in [4.69, 9.17) is 0 Å². The molecule has 1 N–H and O–H groups in total. The molecule has 1 aromatic rings. The van der Waals surface area contributed by atoms with Gasteiger partial charge in [0.1, 0.15) is 11.6 Å². The van der Waals surface area contributed by atoms with Crippen molar-refractivity contribution in [2.75, 3.05) is 26.2 Å². The Morgan fingerprint density at radius 3 is 2.70 bits per heavy atom. The largest absolute Gasteiger partial charge is 0.342 e. The zero-order valence-electron chi connectivity index (χ0n) is 11.2. The molecule has 2 aliphatic heterocycles. The van der Waals surface area contributed by atoms with Crippen LogP contribution in [0.2, 0.25) is 0 Å². The summed E-state index contributed by atoms with van der Waals surface area (Å²) in [5, 5.41) is 3.33. The monoisotopic (exact) mass is 280 g/mol. The van der Waals surface area contributed by atoms with Crippen LogP contribution in [0.1, 0.15) is 12.0 Å². The van der Waals surface area contributed by atoms with E-state index in [-0.39, 0.29) is 17.9 Å². The van der Waals surface area contributed by atoms with Gasteiger partial charge in [-0.05, 0) is 43.5 Å². The fourth-order valence-electron chi connectivity index (χ4n) is 3.23. The summed E-state index contributed by atoms with van der Waals surface area (Å²) in [4.78, 5) is 14.0. The average molecular weight is 280 g/mol. The lowest BCUT2D eigenvalue weighted by Gasteiger charge is -2.34. The molecule has 0 aromatic heterocycles. The molecule has 20 heavy (non-hydrogen) atoms. The second-order valence-electron chi connectivity index (χ2n) is 5.68. The van der Waals surface area contributed by atoms with Crippen molar-refractivity contribution in [3.8, 4) is 0 Å². The SMILES string of the molecule is O=C(Cc1c(F)cccc1F)N1CCC2CNCC2C1. The number of nitrogens with one attached hydrogen (secondary N) is 1. The van der Waals surface area contributed by atoms with E-state index in [1.165, 1.54) is 18.2 Å². The topological polar surface area (TPSA) is 32.3 Å². The molecule has 5 heteroatoms. The molecule has 3 nitrogen and oxygen atoms in total. The molecule has 2 aliphatic rings. The number of carbonyl (C=O) groups excluding carboxylic acids is 1. The van der Waals surface area contributed by atoms with Crippen LogP contribution >= 0.6 is 0 Å². The fraction of sp³-hybridized carbons (Fsp3) is 0.533. The molecule has 1 aromatic carbocycles. The maximum absolute atomic E-state index is 13.6. The highest BCUT2D eigenvalue weighted by molar-refractivity contribution is 5.79. The highest BCUT2D eigenvalue weighted by atomic mass is 19.1. The number of likely N-dealkylation sites (tertiary alicyclic amines) is 1. The van der Waals surface area contributed by atoms with E-state index < -0.39 is 11.6 Å². The number of piperidine rings is 1. The fourth-order valence-corrected chi connectivity index (χ4v) is 3.23. The van der Waals surface area contributed by atoms with Gasteiger partial charge in [0, 0.05) is 18.7 Å². The van der Waals surface area contributed by atoms with Gasteiger partial charge in [0.2, 0.25) is 5.91 Å². The minimum absolute atomic E-state index is 0.121. The zero-order valence-corrected chi connectivity index (χ0v) is 11.2. The van der Waals surface area contributed by atoms with Crippen LogP contribution in [0, 0.1) is 23.5 Å². The number of nitrogens with zero attached hydrogens (tertiary/aromatic N) is 1. The zero-order chi connectivity index (χ0) is 14.1. The Balaban J connectivity index is 1.67. The van der Waals surface area contributed by atoms with Crippen molar-refractivity contribution >= 4 is 5.91 Å². The van der Waals surface area contributed by atoms with Crippen molar-refractivity contribution in [1.82, 2.24) is 10.2 Å². The third kappa shape index (κ3) is 2.54. The number of fused-ring (bicyclic) bond motifs is 1. The Labute approximate surface area is 117 Å². The van der Waals surface area contributed by atoms with E-state index in [2.05, 4.69) is 5.32 Å². The Morgan fingerprint density at radius 2 is 1.95 bits per heavy atom. The predicted octanol–water partition coefficient (Wildman–Crippen LogP) is 1.58. The lowest BCUT2D eigenvalue weighted by Crippen LogP contribution is -2.44. The molecule has 0 bridgehead atoms. The molecule has 2 heterocycles. The van der Waals surface area contributed by atoms with Gasteiger partial charge in [-0.2, -0.15) is 0 Å². The number of hydrogen-bond acceptors (Lipinski definition) is 2. The first-order valence-corrected chi connectivity index (χ1v) is 7.06. The second kappa shape index (κ2) is 5.48. The van der Waals surface area contributed by atoms with Crippen molar-refractivity contribution in [2.45, 2.75) is 12.8 Å². The van der Waals surface area contributed by atoms with E-state index in [0.29, 0.717) is 24.9 Å². The summed E-state index contributed by atoms with van der Waals surface area (Å²) in [7, 11) is 0. The van der Waals surface area contributed by atoms with Crippen molar-refractivity contribution in [2.24, 2.45) is 11.8 Å². The lowest BCUT2D eigenvalue weighted by atomic mass is 9.88. The van der Waals surface area contributed by atoms with Gasteiger partial charge in [0.25, 0.3) is 0 Å². The number of hydrogen-bond donors (Lipinski definition) is 1. The van der Waals surface area contributed by atoms with Crippen LogP contribution in [0.25, 0.3) is 0 Å². The first-order valence-electron chi connectivity index (χ1n) is 7.06. The minimum Gasteiger partial charge on any atom is -0.342 e. The van der Waals surface area contributed by atoms with Gasteiger partial charge in [-0.25, -0.2) is 8.78 Å². The molecular formula is C15H18F2N2O. The molecule has 0 saturated carbocycles. The van der Waals surface area contributed by atoms with Gasteiger partial charge in [-0.15, -0.1) is 0 Å². The van der Waals surface area contributed by atoms with Gasteiger partial charge in [0.05, 0.1) is 6.42 Å². The minimum atomic E-state index is -0.643. The Hall–Kier alpha value is -1.49. The van der Waals surface area contributed by atoms with E-state index in [0.717, 1.165) is 19.5 Å². The molecule has 2 unspecified atom stereocenters. The first kappa shape index (κ1) is 13.5. The average Bonchev–Trinajstić information content (AvgIpc) is 2.90. The smallest absolute Gasteiger partial charge is 0.227 e. The summed E-state index contributed by atoms with van der Waals surface area (Å²) < 4.78 is 27.1. The standard InChI is InChI=1S/C15H18F2N2O/c16-13-2-1-3-14(17)12(13)6-15(20)19-5-4-10-7-18-8-11(10)9-19/h1-3,10-11,18H,4-9H2. The molecule has 2 fully saturated rings. The van der Waals surface area contributed by atoms with Crippen molar-refractivity contribution < 1.29 is 13.6 Å². The summed E-state index contributed by atoms with van der Waals surface area (Å²) in [6.45, 7) is 3.35. The Bertz CT molecular complexity index is 500. The normalized spacial score (nSPS) is 25.6. The van der Waals surface area contributed by atoms with Crippen molar-refractivity contribution in [3.63, 3.8) is 0 Å². The van der Waals surface area contributed by atoms with Crippen LogP contribution in [0.15, 0.2) is 18.2 Å². The van der Waals surface area contributed by atoms with E-state index in [9.17, 15) is 13.6 Å². The summed E-state index contributed by atoms with van der Waals surface area (Å²) in [5.41, 5.74) is -0.121. The number of rotatable bonds is 2. The molecule has 0 spiro atoms. The van der Waals surface area contributed by atoms with Crippen LogP contribution in [-0.4, -0.2) is 37.0 Å². The van der Waals surface area contributed by atoms with Crippen molar-refractivity contribution in [3.05, 3.63) is 35.4 Å². The van der Waals surface area contributed by atoms with Crippen LogP contribution in [0.5, 0.6) is 0 Å². The molecule has 0 aliphatic carbocycles. The molecule has 1 amide bonds. The quantitative estimate of drug-likeness (QED) is 0.892. The van der Waals surface area contributed by atoms with E-state index in [1.54, 1.807) is 4.90 Å². The van der Waals surface area contributed by atoms with Crippen LogP contribution < -0.4 is 5.32 Å². The van der Waals surface area contributed by atoms with Crippen LogP contribution in [0.4, 0.5) is 8.78 Å². The van der Waals surface area contributed by atoms with Gasteiger partial charge < -0.3 is 10.2 Å². The Morgan fingerprint density at radius 1 is 1.25 bits per heavy atom. The van der Waals surface area contributed by atoms with Gasteiger partial charge in [0.15, 0.2) is 0 Å². The number of halogens is 2. The lowest BCUT2D eigenvalue weighted by molar-refractivity contribution is -0.132. The second-order valence-corrected chi connectivity index (χ2v) is 5.68. The summed E-state index contributed by atoms with van der Waals surface area (Å²) in [5.74, 6) is -0.340. The van der Waals surface area contributed by atoms with Crippen LogP contribution in [0.3, 0.4) is 0 Å². The third-order valence-corrected chi connectivity index (χ3v) is 4.45. The highest BCUT2D eigenvalue weighted by Gasteiger charge is 2.34. The number of carbonyl (C=O) groups is 1. The van der Waals surface area contributed by atoms with Crippen LogP contribution in [-0.2, 0) is 11.2 Å². The molecule has 108 valence electrons. The molecular weight excluding hydrogens is 262 g/mol. The molecule has 2 atom stereocenters. The summed E-state index contributed by atoms with van der Waals surface area (Å²) >= 11 is 0. The first-order chi connectivity index (χ1) is 9.65. The van der Waals surface area contributed by atoms with Gasteiger partial charge in [-0.3, -0.25) is 4.79 Å². The molecule has 0 radical (unpaired) electrons. The molecule has 3 rings (SSSR count). The number of amides is 1. The maximum Gasteiger partial charge on any atom is 0.227 e. The van der Waals surface area contributed by atoms with E-state index >= 15 is 0 Å². The summed E-state index contributed by atoms with van der Waals surface area (Å²) in [6.07, 6.45) is 0.784. The molecule has 2 saturated heterocycles. The maximum atomic E-state index is 13.6. The number of benzene rings is 1. The third-order valence-electron chi connectivity index (χ3n) is 4.45. The highest BCUT2D eigenvalue weighted by Crippen LogP contribution is 2.27. The van der Waals surface area contributed by atoms with Crippen molar-refractivity contribution in [1.29, 1.82) is 0 Å². The summed E-state index contributed by atoms with van der Waals surface area (Å²) in [6, 6.07) is 3.70. The predicted molar refractivity (Wildman–Crippen MR) is 71.1 cm³/mol. The van der Waals surface area contributed by atoms with Gasteiger partial charge >= 0.3 is 0 Å².